The highest BCUT2D eigenvalue weighted by Crippen LogP contribution is 1.89. The number of rotatable bonds is 3. The molecule has 0 aromatic rings. The van der Waals surface area contributed by atoms with Gasteiger partial charge in [-0.1, -0.05) is 26.5 Å². The third-order valence-electron chi connectivity index (χ3n) is 0.810. The molecule has 0 amide bonds. The van der Waals surface area contributed by atoms with Crippen molar-refractivity contribution in [1.82, 2.24) is 0 Å². The fourth-order valence-electron chi connectivity index (χ4n) is 0.399. The third kappa shape index (κ3) is 5.09. The average Bonchev–Trinajstić information content (AvgIpc) is 1.85. The van der Waals surface area contributed by atoms with Gasteiger partial charge >= 0.3 is 0 Å². The summed E-state index contributed by atoms with van der Waals surface area (Å²) in [5.74, 6) is 0.945. The van der Waals surface area contributed by atoms with E-state index in [2.05, 4.69) is 11.6 Å². The van der Waals surface area contributed by atoms with Gasteiger partial charge in [0.05, 0.1) is 0 Å². The molecule has 0 bridgehead atoms. The molecule has 0 aromatic heterocycles. The molecule has 0 rings (SSSR count). The van der Waals surface area contributed by atoms with Crippen LogP contribution in [0.5, 0.6) is 0 Å². The molecule has 0 heterocycles. The first-order valence-corrected chi connectivity index (χ1v) is 3.29. The lowest BCUT2D eigenvalue weighted by Crippen LogP contribution is -1.95. The van der Waals surface area contributed by atoms with Crippen molar-refractivity contribution in [1.29, 1.82) is 0 Å². The van der Waals surface area contributed by atoms with E-state index < -0.39 is 0 Å². The molecular weight excluding hydrogens is 124 g/mol. The van der Waals surface area contributed by atoms with E-state index in [9.17, 15) is 0 Å². The maximum atomic E-state index is 5.42. The molecule has 56 valence electrons. The summed E-state index contributed by atoms with van der Waals surface area (Å²) < 4.78 is 0. The predicted octanol–water partition coefficient (Wildman–Crippen LogP) is 1.70. The summed E-state index contributed by atoms with van der Waals surface area (Å²) in [7, 11) is 0. The van der Waals surface area contributed by atoms with Gasteiger partial charge in [-0.05, 0) is 12.0 Å². The Hall–Kier alpha value is -1.05. The first kappa shape index (κ1) is 8.95. The number of hydrogen-bond donors (Lipinski definition) is 1. The zero-order valence-electron chi connectivity index (χ0n) is 6.54. The normalized spacial score (nSPS) is 12.9. The highest BCUT2D eigenvalue weighted by atomic mass is 14.9. The van der Waals surface area contributed by atoms with Gasteiger partial charge in [0.15, 0.2) is 0 Å². The minimum atomic E-state index is 0.441. The SMILES string of the molecule is C=C/C=C(/N)N=CC(C)C. The molecule has 0 fully saturated rings. The average molecular weight is 138 g/mol. The van der Waals surface area contributed by atoms with E-state index in [0.29, 0.717) is 11.7 Å². The smallest absolute Gasteiger partial charge is 0.122 e. The predicted molar refractivity (Wildman–Crippen MR) is 45.8 cm³/mol. The highest BCUT2D eigenvalue weighted by molar-refractivity contribution is 5.61. The fraction of sp³-hybridized carbons (Fsp3) is 0.375. The summed E-state index contributed by atoms with van der Waals surface area (Å²) in [4.78, 5) is 3.96. The standard InChI is InChI=1S/C8H14N2/c1-4-5-8(9)10-6-7(2)3/h4-7H,1,9H2,2-3H3/b8-5-,10-6?. The van der Waals surface area contributed by atoms with Crippen LogP contribution in [0.3, 0.4) is 0 Å². The summed E-state index contributed by atoms with van der Waals surface area (Å²) in [6.45, 7) is 7.59. The Bertz CT molecular complexity index is 155. The Labute approximate surface area is 62.1 Å². The van der Waals surface area contributed by atoms with E-state index in [4.69, 9.17) is 5.73 Å². The summed E-state index contributed by atoms with van der Waals surface area (Å²) in [6.07, 6.45) is 5.08. The molecule has 0 aromatic carbocycles. The molecule has 0 saturated carbocycles. The second-order valence-corrected chi connectivity index (χ2v) is 2.35. The van der Waals surface area contributed by atoms with Crippen molar-refractivity contribution >= 4 is 6.21 Å². The molecule has 2 nitrogen and oxygen atoms in total. The van der Waals surface area contributed by atoms with Crippen LogP contribution in [0.25, 0.3) is 0 Å². The maximum absolute atomic E-state index is 5.42. The number of nitrogens with two attached hydrogens (primary N) is 1. The van der Waals surface area contributed by atoms with Crippen LogP contribution in [0, 0.1) is 5.92 Å². The maximum Gasteiger partial charge on any atom is 0.122 e. The first-order valence-electron chi connectivity index (χ1n) is 3.29. The molecule has 0 radical (unpaired) electrons. The van der Waals surface area contributed by atoms with Crippen LogP contribution in [-0.2, 0) is 0 Å². The molecule has 2 heteroatoms. The quantitative estimate of drug-likeness (QED) is 0.468. The number of hydrogen-bond acceptors (Lipinski definition) is 2. The second-order valence-electron chi connectivity index (χ2n) is 2.35. The molecule has 0 aliphatic rings. The van der Waals surface area contributed by atoms with Crippen molar-refractivity contribution < 1.29 is 0 Å². The number of allylic oxidation sites excluding steroid dienone is 2. The summed E-state index contributed by atoms with van der Waals surface area (Å²) in [5, 5.41) is 0. The van der Waals surface area contributed by atoms with Crippen molar-refractivity contribution in [3.05, 3.63) is 24.6 Å². The van der Waals surface area contributed by atoms with Gasteiger partial charge in [0.25, 0.3) is 0 Å². The summed E-state index contributed by atoms with van der Waals surface area (Å²) in [6, 6.07) is 0. The van der Waals surface area contributed by atoms with Crippen molar-refractivity contribution in [3.63, 3.8) is 0 Å². The lowest BCUT2D eigenvalue weighted by molar-refractivity contribution is 0.903. The molecule has 2 N–H and O–H groups in total. The van der Waals surface area contributed by atoms with Crippen LogP contribution < -0.4 is 5.73 Å². The lowest BCUT2D eigenvalue weighted by Gasteiger charge is -1.92. The van der Waals surface area contributed by atoms with Crippen LogP contribution in [0.1, 0.15) is 13.8 Å². The summed E-state index contributed by atoms with van der Waals surface area (Å²) >= 11 is 0. The monoisotopic (exact) mass is 138 g/mol. The molecule has 10 heavy (non-hydrogen) atoms. The van der Waals surface area contributed by atoms with E-state index >= 15 is 0 Å². The molecular formula is C8H14N2. The van der Waals surface area contributed by atoms with Crippen molar-refractivity contribution in [3.8, 4) is 0 Å². The van der Waals surface area contributed by atoms with E-state index in [1.54, 1.807) is 18.4 Å². The zero-order chi connectivity index (χ0) is 7.98. The highest BCUT2D eigenvalue weighted by Gasteiger charge is 1.84. The number of nitrogens with zero attached hydrogens (tertiary/aromatic N) is 1. The van der Waals surface area contributed by atoms with E-state index in [1.807, 2.05) is 13.8 Å². The topological polar surface area (TPSA) is 38.4 Å². The molecule has 0 atom stereocenters. The van der Waals surface area contributed by atoms with Gasteiger partial charge in [-0.2, -0.15) is 0 Å². The molecule has 0 aliphatic carbocycles. The first-order chi connectivity index (χ1) is 4.66. The van der Waals surface area contributed by atoms with Crippen LogP contribution >= 0.6 is 0 Å². The van der Waals surface area contributed by atoms with Crippen LogP contribution in [0.15, 0.2) is 29.5 Å². The van der Waals surface area contributed by atoms with Gasteiger partial charge in [0, 0.05) is 6.21 Å². The van der Waals surface area contributed by atoms with Crippen molar-refractivity contribution in [2.45, 2.75) is 13.8 Å². The van der Waals surface area contributed by atoms with Gasteiger partial charge in [-0.3, -0.25) is 0 Å². The van der Waals surface area contributed by atoms with E-state index in [0.717, 1.165) is 0 Å². The Morgan fingerprint density at radius 1 is 1.60 bits per heavy atom. The lowest BCUT2D eigenvalue weighted by atomic mass is 10.2. The Balaban J connectivity index is 3.88. The third-order valence-corrected chi connectivity index (χ3v) is 0.810. The van der Waals surface area contributed by atoms with Crippen molar-refractivity contribution in [2.24, 2.45) is 16.6 Å². The fourth-order valence-corrected chi connectivity index (χ4v) is 0.399. The molecule has 0 spiro atoms. The second kappa shape index (κ2) is 4.79. The molecule has 0 saturated heterocycles. The number of aliphatic imine (C=N–C) groups is 1. The minimum absolute atomic E-state index is 0.441. The van der Waals surface area contributed by atoms with Gasteiger partial charge in [0.2, 0.25) is 0 Å². The van der Waals surface area contributed by atoms with Gasteiger partial charge in [-0.15, -0.1) is 0 Å². The zero-order valence-corrected chi connectivity index (χ0v) is 6.54. The van der Waals surface area contributed by atoms with Crippen LogP contribution in [0.2, 0.25) is 0 Å². The van der Waals surface area contributed by atoms with Gasteiger partial charge < -0.3 is 5.73 Å². The molecule has 0 aliphatic heterocycles. The van der Waals surface area contributed by atoms with Crippen LogP contribution in [0.4, 0.5) is 0 Å². The largest absolute Gasteiger partial charge is 0.384 e. The Kier molecular flexibility index (Phi) is 4.29. The van der Waals surface area contributed by atoms with E-state index in [1.165, 1.54) is 0 Å². The minimum Gasteiger partial charge on any atom is -0.384 e. The summed E-state index contributed by atoms with van der Waals surface area (Å²) in [5.41, 5.74) is 5.42. The van der Waals surface area contributed by atoms with Gasteiger partial charge in [0.1, 0.15) is 5.82 Å². The Morgan fingerprint density at radius 2 is 2.20 bits per heavy atom. The van der Waals surface area contributed by atoms with Crippen LogP contribution in [-0.4, -0.2) is 6.21 Å². The van der Waals surface area contributed by atoms with Gasteiger partial charge in [-0.25, -0.2) is 4.99 Å². The Morgan fingerprint density at radius 3 is 2.60 bits per heavy atom. The molecule has 0 unspecified atom stereocenters. The van der Waals surface area contributed by atoms with E-state index in [-0.39, 0.29) is 0 Å². The van der Waals surface area contributed by atoms with Crippen molar-refractivity contribution in [2.75, 3.05) is 0 Å².